The molecule has 0 saturated heterocycles. The Balaban J connectivity index is 2.07. The molecule has 0 aliphatic rings. The van der Waals surface area contributed by atoms with E-state index >= 15 is 0 Å². The van der Waals surface area contributed by atoms with E-state index in [2.05, 4.69) is 45.0 Å². The highest BCUT2D eigenvalue weighted by molar-refractivity contribution is 5.90. The van der Waals surface area contributed by atoms with E-state index in [4.69, 9.17) is 14.8 Å². The summed E-state index contributed by atoms with van der Waals surface area (Å²) in [6, 6.07) is 18.3. The highest BCUT2D eigenvalue weighted by atomic mass is 16.5. The van der Waals surface area contributed by atoms with Gasteiger partial charge in [-0.2, -0.15) is 5.10 Å². The van der Waals surface area contributed by atoms with Crippen LogP contribution in [-0.2, 0) is 0 Å². The zero-order chi connectivity index (χ0) is 18.3. The predicted octanol–water partition coefficient (Wildman–Crippen LogP) is 5.00. The Hall–Kier alpha value is -3.14. The van der Waals surface area contributed by atoms with Crippen molar-refractivity contribution in [3.8, 4) is 28.1 Å². The molecule has 0 unspecified atom stereocenters. The lowest BCUT2D eigenvalue weighted by atomic mass is 10.0. The van der Waals surface area contributed by atoms with Crippen LogP contribution in [0.1, 0.15) is 17.0 Å². The fourth-order valence-electron chi connectivity index (χ4n) is 3.23. The molecule has 0 aliphatic heterocycles. The van der Waals surface area contributed by atoms with Crippen LogP contribution in [0.2, 0.25) is 0 Å². The highest BCUT2D eigenvalue weighted by Gasteiger charge is 2.20. The summed E-state index contributed by atoms with van der Waals surface area (Å²) in [5, 5.41) is 4.93. The Bertz CT molecular complexity index is 1080. The molecule has 0 spiro atoms. The SMILES string of the molecule is COc1ccc(-c2c(-c3ccccc3)nn3c(C)c(C)c(C)nc23)cc1. The highest BCUT2D eigenvalue weighted by Crippen LogP contribution is 2.36. The molecule has 0 atom stereocenters. The van der Waals surface area contributed by atoms with Crippen molar-refractivity contribution in [2.45, 2.75) is 20.8 Å². The van der Waals surface area contributed by atoms with Crippen LogP contribution in [0.3, 0.4) is 0 Å². The van der Waals surface area contributed by atoms with Gasteiger partial charge < -0.3 is 4.74 Å². The maximum atomic E-state index is 5.31. The minimum Gasteiger partial charge on any atom is -0.497 e. The third kappa shape index (κ3) is 2.54. The largest absolute Gasteiger partial charge is 0.497 e. The Morgan fingerprint density at radius 3 is 2.19 bits per heavy atom. The number of benzene rings is 2. The summed E-state index contributed by atoms with van der Waals surface area (Å²) < 4.78 is 7.27. The van der Waals surface area contributed by atoms with Crippen molar-refractivity contribution in [1.29, 1.82) is 0 Å². The first-order chi connectivity index (χ1) is 12.6. The molecule has 4 heteroatoms. The fraction of sp³-hybridized carbons (Fsp3) is 0.182. The Labute approximate surface area is 153 Å². The number of aromatic nitrogens is 3. The zero-order valence-corrected chi connectivity index (χ0v) is 15.4. The molecule has 0 amide bonds. The van der Waals surface area contributed by atoms with Crippen molar-refractivity contribution in [3.63, 3.8) is 0 Å². The second-order valence-electron chi connectivity index (χ2n) is 6.46. The summed E-state index contributed by atoms with van der Waals surface area (Å²) in [7, 11) is 1.68. The van der Waals surface area contributed by atoms with E-state index in [0.717, 1.165) is 45.2 Å². The smallest absolute Gasteiger partial charge is 0.164 e. The van der Waals surface area contributed by atoms with Gasteiger partial charge in [0.1, 0.15) is 11.4 Å². The van der Waals surface area contributed by atoms with Crippen LogP contribution in [0.4, 0.5) is 0 Å². The summed E-state index contributed by atoms with van der Waals surface area (Å²) >= 11 is 0. The molecule has 4 rings (SSSR count). The van der Waals surface area contributed by atoms with E-state index in [1.165, 1.54) is 5.56 Å². The molecular formula is C22H21N3O. The van der Waals surface area contributed by atoms with Gasteiger partial charge in [0.25, 0.3) is 0 Å². The number of fused-ring (bicyclic) bond motifs is 1. The van der Waals surface area contributed by atoms with Crippen LogP contribution in [0.15, 0.2) is 54.6 Å². The second-order valence-corrected chi connectivity index (χ2v) is 6.46. The maximum absolute atomic E-state index is 5.31. The summed E-state index contributed by atoms with van der Waals surface area (Å²) in [5.74, 6) is 0.836. The van der Waals surface area contributed by atoms with Gasteiger partial charge in [-0.05, 0) is 44.0 Å². The molecule has 2 aromatic carbocycles. The van der Waals surface area contributed by atoms with Crippen molar-refractivity contribution < 1.29 is 4.74 Å². The summed E-state index contributed by atoms with van der Waals surface area (Å²) in [6.07, 6.45) is 0. The quantitative estimate of drug-likeness (QED) is 0.526. The maximum Gasteiger partial charge on any atom is 0.164 e. The lowest BCUT2D eigenvalue weighted by Crippen LogP contribution is -2.02. The molecule has 0 fully saturated rings. The molecule has 0 N–H and O–H groups in total. The molecule has 0 radical (unpaired) electrons. The number of rotatable bonds is 3. The van der Waals surface area contributed by atoms with Crippen LogP contribution < -0.4 is 4.74 Å². The van der Waals surface area contributed by atoms with Gasteiger partial charge in [-0.15, -0.1) is 0 Å². The average Bonchev–Trinajstić information content (AvgIpc) is 3.06. The Kier molecular flexibility index (Phi) is 3.96. The van der Waals surface area contributed by atoms with Crippen molar-refractivity contribution in [2.24, 2.45) is 0 Å². The van der Waals surface area contributed by atoms with Crippen molar-refractivity contribution in [3.05, 3.63) is 71.5 Å². The number of methoxy groups -OCH3 is 1. The molecule has 0 bridgehead atoms. The molecule has 26 heavy (non-hydrogen) atoms. The van der Waals surface area contributed by atoms with Crippen molar-refractivity contribution >= 4 is 5.65 Å². The van der Waals surface area contributed by atoms with E-state index in [9.17, 15) is 0 Å². The molecule has 4 nitrogen and oxygen atoms in total. The number of aryl methyl sites for hydroxylation is 2. The summed E-state index contributed by atoms with van der Waals surface area (Å²) in [6.45, 7) is 6.24. The number of hydrogen-bond acceptors (Lipinski definition) is 3. The molecule has 4 aromatic rings. The van der Waals surface area contributed by atoms with Crippen LogP contribution in [0.5, 0.6) is 5.75 Å². The van der Waals surface area contributed by atoms with Gasteiger partial charge in [0.2, 0.25) is 0 Å². The first-order valence-electron chi connectivity index (χ1n) is 8.66. The van der Waals surface area contributed by atoms with Crippen LogP contribution in [0, 0.1) is 20.8 Å². The van der Waals surface area contributed by atoms with E-state index < -0.39 is 0 Å². The lowest BCUT2D eigenvalue weighted by molar-refractivity contribution is 0.415. The first kappa shape index (κ1) is 16.3. The topological polar surface area (TPSA) is 39.4 Å². The Morgan fingerprint density at radius 2 is 1.54 bits per heavy atom. The van der Waals surface area contributed by atoms with Crippen molar-refractivity contribution in [1.82, 2.24) is 14.6 Å². The minimum absolute atomic E-state index is 0.836. The third-order valence-electron chi connectivity index (χ3n) is 4.96. The summed E-state index contributed by atoms with van der Waals surface area (Å²) in [5.41, 5.74) is 8.35. The molecule has 130 valence electrons. The van der Waals surface area contributed by atoms with Crippen molar-refractivity contribution in [2.75, 3.05) is 7.11 Å². The number of ether oxygens (including phenoxy) is 1. The molecular weight excluding hydrogens is 322 g/mol. The average molecular weight is 343 g/mol. The first-order valence-corrected chi connectivity index (χ1v) is 8.66. The van der Waals surface area contributed by atoms with Gasteiger partial charge in [0.15, 0.2) is 5.65 Å². The van der Waals surface area contributed by atoms with Gasteiger partial charge in [-0.3, -0.25) is 0 Å². The zero-order valence-electron chi connectivity index (χ0n) is 15.4. The Morgan fingerprint density at radius 1 is 0.846 bits per heavy atom. The number of nitrogens with zero attached hydrogens (tertiary/aromatic N) is 3. The van der Waals surface area contributed by atoms with Gasteiger partial charge in [-0.1, -0.05) is 42.5 Å². The van der Waals surface area contributed by atoms with Gasteiger partial charge in [0.05, 0.1) is 12.7 Å². The second kappa shape index (κ2) is 6.30. The van der Waals surface area contributed by atoms with Crippen LogP contribution >= 0.6 is 0 Å². The minimum atomic E-state index is 0.836. The monoisotopic (exact) mass is 343 g/mol. The summed E-state index contributed by atoms with van der Waals surface area (Å²) in [4.78, 5) is 4.87. The fourth-order valence-corrected chi connectivity index (χ4v) is 3.23. The van der Waals surface area contributed by atoms with Crippen LogP contribution in [0.25, 0.3) is 28.0 Å². The van der Waals surface area contributed by atoms with Gasteiger partial charge in [0, 0.05) is 17.0 Å². The molecule has 2 heterocycles. The molecule has 0 saturated carbocycles. The van der Waals surface area contributed by atoms with E-state index in [1.807, 2.05) is 34.8 Å². The van der Waals surface area contributed by atoms with Crippen LogP contribution in [-0.4, -0.2) is 21.7 Å². The lowest BCUT2D eigenvalue weighted by Gasteiger charge is -2.08. The predicted molar refractivity (Wildman–Crippen MR) is 105 cm³/mol. The van der Waals surface area contributed by atoms with Gasteiger partial charge >= 0.3 is 0 Å². The normalized spacial score (nSPS) is 11.1. The standard InChI is InChI=1S/C22H21N3O/c1-14-15(2)23-22-20(17-10-12-19(26-4)13-11-17)21(24-25(22)16(14)3)18-8-6-5-7-9-18/h5-13H,1-4H3. The van der Waals surface area contributed by atoms with E-state index in [0.29, 0.717) is 0 Å². The van der Waals surface area contributed by atoms with Gasteiger partial charge in [-0.25, -0.2) is 9.50 Å². The van der Waals surface area contributed by atoms with E-state index in [-0.39, 0.29) is 0 Å². The number of hydrogen-bond donors (Lipinski definition) is 0. The van der Waals surface area contributed by atoms with E-state index in [1.54, 1.807) is 7.11 Å². The third-order valence-corrected chi connectivity index (χ3v) is 4.96. The molecule has 2 aromatic heterocycles. The molecule has 0 aliphatic carbocycles.